The van der Waals surface area contributed by atoms with Gasteiger partial charge in [0.15, 0.2) is 0 Å². The van der Waals surface area contributed by atoms with Crippen LogP contribution in [0.5, 0.6) is 0 Å². The number of carboxylic acid groups (broad SMARTS) is 1. The molecule has 0 aromatic carbocycles. The molecule has 1 aromatic rings. The average molecular weight is 297 g/mol. The lowest BCUT2D eigenvalue weighted by Gasteiger charge is -2.16. The van der Waals surface area contributed by atoms with Gasteiger partial charge in [0.1, 0.15) is 22.7 Å². The number of carboxylic acids is 1. The zero-order chi connectivity index (χ0) is 15.3. The van der Waals surface area contributed by atoms with Crippen LogP contribution in [0.2, 0.25) is 0 Å². The molecule has 0 amide bonds. The van der Waals surface area contributed by atoms with Crippen LogP contribution in [0.1, 0.15) is 26.0 Å². The predicted octanol–water partition coefficient (Wildman–Crippen LogP) is 0.731. The Kier molecular flexibility index (Phi) is 5.19. The van der Waals surface area contributed by atoms with Crippen LogP contribution < -0.4 is 4.72 Å². The standard InChI is InChI=1S/C12H15N3O4S/c1-8(2)5-11(12(16)17)15-20(18,19)10-4-3-9(6-13)14-7-10/h3-4,7-8,11,15H,5H2,1-2H3,(H,16,17). The van der Waals surface area contributed by atoms with Crippen molar-refractivity contribution in [2.45, 2.75) is 31.2 Å². The number of hydrogen-bond donors (Lipinski definition) is 2. The number of nitrogens with one attached hydrogen (secondary N) is 1. The summed E-state index contributed by atoms with van der Waals surface area (Å²) in [7, 11) is -3.98. The van der Waals surface area contributed by atoms with Crippen molar-refractivity contribution in [1.29, 1.82) is 5.26 Å². The third-order valence-electron chi connectivity index (χ3n) is 2.46. The molecule has 108 valence electrons. The molecule has 0 radical (unpaired) electrons. The van der Waals surface area contributed by atoms with Gasteiger partial charge in [0.05, 0.1) is 0 Å². The van der Waals surface area contributed by atoms with Gasteiger partial charge in [0.25, 0.3) is 0 Å². The molecular formula is C12H15N3O4S. The fourth-order valence-electron chi connectivity index (χ4n) is 1.53. The molecule has 1 aromatic heterocycles. The highest BCUT2D eigenvalue weighted by molar-refractivity contribution is 7.89. The van der Waals surface area contributed by atoms with Crippen LogP contribution in [0, 0.1) is 17.2 Å². The van der Waals surface area contributed by atoms with Crippen molar-refractivity contribution in [1.82, 2.24) is 9.71 Å². The van der Waals surface area contributed by atoms with Gasteiger partial charge in [-0.1, -0.05) is 13.8 Å². The molecule has 1 rings (SSSR count). The van der Waals surface area contributed by atoms with Crippen molar-refractivity contribution in [3.63, 3.8) is 0 Å². The molecule has 1 unspecified atom stereocenters. The summed E-state index contributed by atoms with van der Waals surface area (Å²) >= 11 is 0. The number of aliphatic carboxylic acids is 1. The van der Waals surface area contributed by atoms with Crippen LogP contribution in [0.3, 0.4) is 0 Å². The second-order valence-electron chi connectivity index (χ2n) is 4.63. The predicted molar refractivity (Wildman–Crippen MR) is 70.2 cm³/mol. The fraction of sp³-hybridized carbons (Fsp3) is 0.417. The van der Waals surface area contributed by atoms with Crippen LogP contribution >= 0.6 is 0 Å². The Morgan fingerprint density at radius 3 is 2.55 bits per heavy atom. The molecule has 1 heterocycles. The first-order valence-corrected chi connectivity index (χ1v) is 7.36. The lowest BCUT2D eigenvalue weighted by atomic mass is 10.1. The summed E-state index contributed by atoms with van der Waals surface area (Å²) in [6.45, 7) is 3.60. The number of rotatable bonds is 6. The van der Waals surface area contributed by atoms with Gasteiger partial charge in [-0.15, -0.1) is 0 Å². The highest BCUT2D eigenvalue weighted by Crippen LogP contribution is 2.12. The van der Waals surface area contributed by atoms with Gasteiger partial charge in [-0.25, -0.2) is 13.4 Å². The number of sulfonamides is 1. The van der Waals surface area contributed by atoms with Gasteiger partial charge >= 0.3 is 5.97 Å². The van der Waals surface area contributed by atoms with E-state index in [-0.39, 0.29) is 22.9 Å². The van der Waals surface area contributed by atoms with E-state index in [1.165, 1.54) is 12.1 Å². The summed E-state index contributed by atoms with van der Waals surface area (Å²) in [5, 5.41) is 17.6. The fourth-order valence-corrected chi connectivity index (χ4v) is 2.68. The van der Waals surface area contributed by atoms with Crippen molar-refractivity contribution in [2.75, 3.05) is 0 Å². The first-order valence-electron chi connectivity index (χ1n) is 5.87. The number of nitrogens with zero attached hydrogens (tertiary/aromatic N) is 2. The monoisotopic (exact) mass is 297 g/mol. The smallest absolute Gasteiger partial charge is 0.321 e. The quantitative estimate of drug-likeness (QED) is 0.798. The number of pyridine rings is 1. The van der Waals surface area contributed by atoms with Crippen molar-refractivity contribution in [3.8, 4) is 6.07 Å². The third-order valence-corrected chi connectivity index (χ3v) is 3.92. The SMILES string of the molecule is CC(C)CC(NS(=O)(=O)c1ccc(C#N)nc1)C(=O)O. The summed E-state index contributed by atoms with van der Waals surface area (Å²) in [6, 6.07) is 3.04. The maximum absolute atomic E-state index is 12.0. The van der Waals surface area contributed by atoms with Crippen LogP contribution in [-0.2, 0) is 14.8 Å². The number of aromatic nitrogens is 1. The highest BCUT2D eigenvalue weighted by Gasteiger charge is 2.26. The Hall–Kier alpha value is -1.98. The van der Waals surface area contributed by atoms with E-state index in [9.17, 15) is 13.2 Å². The summed E-state index contributed by atoms with van der Waals surface area (Å²) < 4.78 is 26.2. The average Bonchev–Trinajstić information content (AvgIpc) is 2.37. The zero-order valence-corrected chi connectivity index (χ0v) is 11.9. The molecule has 2 N–H and O–H groups in total. The molecule has 0 aliphatic carbocycles. The zero-order valence-electron chi connectivity index (χ0n) is 11.1. The molecule has 0 fully saturated rings. The Morgan fingerprint density at radius 2 is 2.15 bits per heavy atom. The molecule has 7 nitrogen and oxygen atoms in total. The minimum Gasteiger partial charge on any atom is -0.480 e. The molecule has 0 spiro atoms. The lowest BCUT2D eigenvalue weighted by molar-refractivity contribution is -0.139. The summed E-state index contributed by atoms with van der Waals surface area (Å²) in [5.74, 6) is -1.21. The summed E-state index contributed by atoms with van der Waals surface area (Å²) in [4.78, 5) is 14.5. The van der Waals surface area contributed by atoms with E-state index in [4.69, 9.17) is 10.4 Å². The summed E-state index contributed by atoms with van der Waals surface area (Å²) in [5.41, 5.74) is 0.0842. The van der Waals surface area contributed by atoms with E-state index in [1.54, 1.807) is 19.9 Å². The highest BCUT2D eigenvalue weighted by atomic mass is 32.2. The van der Waals surface area contributed by atoms with Gasteiger partial charge in [0.2, 0.25) is 10.0 Å². The number of nitriles is 1. The normalized spacial score (nSPS) is 12.9. The molecular weight excluding hydrogens is 282 g/mol. The van der Waals surface area contributed by atoms with E-state index in [1.807, 2.05) is 0 Å². The molecule has 0 saturated carbocycles. The largest absolute Gasteiger partial charge is 0.480 e. The van der Waals surface area contributed by atoms with Gasteiger partial charge in [-0.2, -0.15) is 9.98 Å². The Bertz CT molecular complexity index is 617. The van der Waals surface area contributed by atoms with E-state index < -0.39 is 22.0 Å². The Morgan fingerprint density at radius 1 is 1.50 bits per heavy atom. The minimum absolute atomic E-state index is 0.0258. The van der Waals surface area contributed by atoms with E-state index in [0.29, 0.717) is 0 Å². The van der Waals surface area contributed by atoms with Gasteiger partial charge in [0, 0.05) is 6.20 Å². The van der Waals surface area contributed by atoms with Crippen LogP contribution in [0.4, 0.5) is 0 Å². The number of carbonyl (C=O) groups is 1. The van der Waals surface area contributed by atoms with E-state index in [0.717, 1.165) is 6.20 Å². The second kappa shape index (κ2) is 6.45. The maximum Gasteiger partial charge on any atom is 0.321 e. The van der Waals surface area contributed by atoms with Gasteiger partial charge < -0.3 is 5.11 Å². The third kappa shape index (κ3) is 4.29. The van der Waals surface area contributed by atoms with Gasteiger partial charge in [-0.05, 0) is 24.5 Å². The molecule has 0 bridgehead atoms. The first-order chi connectivity index (χ1) is 9.26. The Labute approximate surface area is 117 Å². The van der Waals surface area contributed by atoms with Crippen molar-refractivity contribution in [3.05, 3.63) is 24.0 Å². The van der Waals surface area contributed by atoms with Crippen LogP contribution in [0.15, 0.2) is 23.2 Å². The summed E-state index contributed by atoms with van der Waals surface area (Å²) in [6.07, 6.45) is 1.20. The molecule has 20 heavy (non-hydrogen) atoms. The topological polar surface area (TPSA) is 120 Å². The van der Waals surface area contributed by atoms with Gasteiger partial charge in [-0.3, -0.25) is 4.79 Å². The molecule has 0 aliphatic rings. The van der Waals surface area contributed by atoms with Crippen molar-refractivity contribution in [2.24, 2.45) is 5.92 Å². The van der Waals surface area contributed by atoms with Crippen LogP contribution in [-0.4, -0.2) is 30.5 Å². The van der Waals surface area contributed by atoms with Crippen LogP contribution in [0.25, 0.3) is 0 Å². The molecule has 0 aliphatic heterocycles. The van der Waals surface area contributed by atoms with E-state index in [2.05, 4.69) is 9.71 Å². The Balaban J connectivity index is 2.97. The number of hydrogen-bond acceptors (Lipinski definition) is 5. The lowest BCUT2D eigenvalue weighted by Crippen LogP contribution is -2.41. The maximum atomic E-state index is 12.0. The molecule has 0 saturated heterocycles. The minimum atomic E-state index is -3.98. The molecule has 8 heteroatoms. The molecule has 1 atom stereocenters. The second-order valence-corrected chi connectivity index (χ2v) is 6.35. The van der Waals surface area contributed by atoms with E-state index >= 15 is 0 Å². The van der Waals surface area contributed by atoms with Crippen molar-refractivity contribution >= 4 is 16.0 Å². The first kappa shape index (κ1) is 16.1. The van der Waals surface area contributed by atoms with Crippen molar-refractivity contribution < 1.29 is 18.3 Å².